The lowest BCUT2D eigenvalue weighted by Gasteiger charge is -2.38. The summed E-state index contributed by atoms with van der Waals surface area (Å²) in [7, 11) is 0. The van der Waals surface area contributed by atoms with E-state index >= 15 is 0 Å². The Morgan fingerprint density at radius 1 is 1.25 bits per heavy atom. The van der Waals surface area contributed by atoms with Crippen molar-refractivity contribution in [3.05, 3.63) is 23.7 Å². The molecule has 0 amide bonds. The second-order valence-corrected chi connectivity index (χ2v) is 4.87. The highest BCUT2D eigenvalue weighted by molar-refractivity contribution is 5.07. The normalized spacial score (nSPS) is 27.2. The molecule has 1 aromatic heterocycles. The zero-order valence-corrected chi connectivity index (χ0v) is 10.3. The van der Waals surface area contributed by atoms with Gasteiger partial charge in [-0.25, -0.2) is 0 Å². The van der Waals surface area contributed by atoms with Gasteiger partial charge in [-0.05, 0) is 38.8 Å². The number of rotatable bonds is 3. The number of likely N-dealkylation sites (tertiary alicyclic amines) is 1. The van der Waals surface area contributed by atoms with Gasteiger partial charge in [-0.1, -0.05) is 6.42 Å². The molecule has 1 fully saturated rings. The highest BCUT2D eigenvalue weighted by atomic mass is 16.3. The molecule has 2 N–H and O–H groups in total. The molecular formula is C13H22N2O. The maximum Gasteiger partial charge on any atom is 0.118 e. The van der Waals surface area contributed by atoms with Gasteiger partial charge in [-0.2, -0.15) is 0 Å². The van der Waals surface area contributed by atoms with Crippen molar-refractivity contribution >= 4 is 0 Å². The summed E-state index contributed by atoms with van der Waals surface area (Å²) in [6.07, 6.45) is 3.95. The van der Waals surface area contributed by atoms with E-state index in [-0.39, 0.29) is 0 Å². The van der Waals surface area contributed by atoms with E-state index < -0.39 is 0 Å². The maximum atomic E-state index is 5.67. The molecule has 1 aliphatic rings. The summed E-state index contributed by atoms with van der Waals surface area (Å²) in [5, 5.41) is 0. The van der Waals surface area contributed by atoms with Crippen LogP contribution in [-0.2, 0) is 13.1 Å². The molecule has 0 radical (unpaired) electrons. The first-order valence-corrected chi connectivity index (χ1v) is 6.24. The van der Waals surface area contributed by atoms with E-state index in [1.54, 1.807) is 0 Å². The third kappa shape index (κ3) is 2.47. The minimum absolute atomic E-state index is 0.491. The number of hydrogen-bond acceptors (Lipinski definition) is 3. The molecule has 2 atom stereocenters. The zero-order chi connectivity index (χ0) is 11.5. The number of nitrogens with two attached hydrogens (primary N) is 1. The first-order chi connectivity index (χ1) is 7.70. The van der Waals surface area contributed by atoms with Crippen LogP contribution in [0.25, 0.3) is 0 Å². The predicted octanol–water partition coefficient (Wildman–Crippen LogP) is 2.50. The number of hydrogen-bond donors (Lipinski definition) is 1. The summed E-state index contributed by atoms with van der Waals surface area (Å²) < 4.78 is 5.67. The fourth-order valence-electron chi connectivity index (χ4n) is 2.58. The van der Waals surface area contributed by atoms with E-state index in [0.717, 1.165) is 18.1 Å². The number of piperidine rings is 1. The van der Waals surface area contributed by atoms with Crippen molar-refractivity contribution in [2.45, 2.75) is 58.3 Å². The molecule has 0 aliphatic carbocycles. The molecular weight excluding hydrogens is 200 g/mol. The van der Waals surface area contributed by atoms with Gasteiger partial charge in [0.1, 0.15) is 11.5 Å². The number of nitrogens with zero attached hydrogens (tertiary/aromatic N) is 1. The maximum absolute atomic E-state index is 5.67. The van der Waals surface area contributed by atoms with Crippen LogP contribution in [0.5, 0.6) is 0 Å². The van der Waals surface area contributed by atoms with Gasteiger partial charge in [-0.3, -0.25) is 4.90 Å². The van der Waals surface area contributed by atoms with E-state index in [9.17, 15) is 0 Å². The van der Waals surface area contributed by atoms with Gasteiger partial charge in [-0.15, -0.1) is 0 Å². The van der Waals surface area contributed by atoms with Crippen molar-refractivity contribution in [2.75, 3.05) is 0 Å². The molecule has 0 spiro atoms. The summed E-state index contributed by atoms with van der Waals surface area (Å²) in [6.45, 7) is 6.03. The van der Waals surface area contributed by atoms with Crippen LogP contribution in [0.2, 0.25) is 0 Å². The van der Waals surface area contributed by atoms with Gasteiger partial charge in [0.25, 0.3) is 0 Å². The van der Waals surface area contributed by atoms with Gasteiger partial charge in [0.15, 0.2) is 0 Å². The summed E-state index contributed by atoms with van der Waals surface area (Å²) in [6, 6.07) is 5.36. The Hall–Kier alpha value is -0.800. The molecule has 2 rings (SSSR count). The van der Waals surface area contributed by atoms with Crippen LogP contribution < -0.4 is 5.73 Å². The number of furan rings is 1. The predicted molar refractivity (Wildman–Crippen MR) is 64.9 cm³/mol. The molecule has 2 heterocycles. The average Bonchev–Trinajstić information content (AvgIpc) is 2.71. The minimum Gasteiger partial charge on any atom is -0.463 e. The Kier molecular flexibility index (Phi) is 3.66. The molecule has 2 unspecified atom stereocenters. The van der Waals surface area contributed by atoms with Crippen molar-refractivity contribution in [3.63, 3.8) is 0 Å². The summed E-state index contributed by atoms with van der Waals surface area (Å²) in [5.74, 6) is 1.92. The Morgan fingerprint density at radius 2 is 1.88 bits per heavy atom. The molecule has 0 saturated carbocycles. The van der Waals surface area contributed by atoms with Crippen LogP contribution in [0.4, 0.5) is 0 Å². The smallest absolute Gasteiger partial charge is 0.118 e. The van der Waals surface area contributed by atoms with Gasteiger partial charge in [0.2, 0.25) is 0 Å². The standard InChI is InChI=1S/C13H22N2O/c1-10-4-3-5-11(2)15(10)9-13-7-6-12(8-14)16-13/h6-7,10-11H,3-5,8-9,14H2,1-2H3. The molecule has 1 aromatic rings. The van der Waals surface area contributed by atoms with Crippen molar-refractivity contribution in [3.8, 4) is 0 Å². The molecule has 3 heteroatoms. The summed E-state index contributed by atoms with van der Waals surface area (Å²) in [5.41, 5.74) is 5.54. The zero-order valence-electron chi connectivity index (χ0n) is 10.3. The van der Waals surface area contributed by atoms with Crippen LogP contribution in [0, 0.1) is 0 Å². The van der Waals surface area contributed by atoms with Crippen LogP contribution in [0.15, 0.2) is 16.5 Å². The second-order valence-electron chi connectivity index (χ2n) is 4.87. The molecule has 1 aliphatic heterocycles. The topological polar surface area (TPSA) is 42.4 Å². The van der Waals surface area contributed by atoms with E-state index in [4.69, 9.17) is 10.2 Å². The monoisotopic (exact) mass is 222 g/mol. The van der Waals surface area contributed by atoms with Crippen LogP contribution in [0.3, 0.4) is 0 Å². The van der Waals surface area contributed by atoms with Crippen molar-refractivity contribution in [1.29, 1.82) is 0 Å². The lowest BCUT2D eigenvalue weighted by molar-refractivity contribution is 0.0867. The van der Waals surface area contributed by atoms with Gasteiger partial charge >= 0.3 is 0 Å². The second kappa shape index (κ2) is 5.02. The van der Waals surface area contributed by atoms with E-state index in [0.29, 0.717) is 18.6 Å². The molecule has 0 bridgehead atoms. The van der Waals surface area contributed by atoms with Crippen molar-refractivity contribution in [2.24, 2.45) is 5.73 Å². The SMILES string of the molecule is CC1CCCC(C)N1Cc1ccc(CN)o1. The first kappa shape index (κ1) is 11.7. The van der Waals surface area contributed by atoms with Crippen LogP contribution >= 0.6 is 0 Å². The Morgan fingerprint density at radius 3 is 2.44 bits per heavy atom. The quantitative estimate of drug-likeness (QED) is 0.854. The fourth-order valence-corrected chi connectivity index (χ4v) is 2.58. The Balaban J connectivity index is 2.01. The van der Waals surface area contributed by atoms with Gasteiger partial charge in [0, 0.05) is 12.1 Å². The fraction of sp³-hybridized carbons (Fsp3) is 0.692. The summed E-state index contributed by atoms with van der Waals surface area (Å²) >= 11 is 0. The Bertz CT molecular complexity index is 324. The third-order valence-electron chi connectivity index (χ3n) is 3.63. The summed E-state index contributed by atoms with van der Waals surface area (Å²) in [4.78, 5) is 2.53. The highest BCUT2D eigenvalue weighted by Crippen LogP contribution is 2.24. The molecule has 90 valence electrons. The van der Waals surface area contributed by atoms with Gasteiger partial charge in [0.05, 0.1) is 13.1 Å². The lowest BCUT2D eigenvalue weighted by atomic mass is 9.97. The van der Waals surface area contributed by atoms with E-state index in [2.05, 4.69) is 24.8 Å². The van der Waals surface area contributed by atoms with Crippen molar-refractivity contribution in [1.82, 2.24) is 4.90 Å². The van der Waals surface area contributed by atoms with E-state index in [1.165, 1.54) is 19.3 Å². The highest BCUT2D eigenvalue weighted by Gasteiger charge is 2.25. The molecule has 16 heavy (non-hydrogen) atoms. The third-order valence-corrected chi connectivity index (χ3v) is 3.63. The molecule has 0 aromatic carbocycles. The van der Waals surface area contributed by atoms with Gasteiger partial charge < -0.3 is 10.2 Å². The lowest BCUT2D eigenvalue weighted by Crippen LogP contribution is -2.42. The molecule has 1 saturated heterocycles. The van der Waals surface area contributed by atoms with Crippen LogP contribution in [0.1, 0.15) is 44.6 Å². The first-order valence-electron chi connectivity index (χ1n) is 6.24. The average molecular weight is 222 g/mol. The van der Waals surface area contributed by atoms with Crippen molar-refractivity contribution < 1.29 is 4.42 Å². The minimum atomic E-state index is 0.491. The largest absolute Gasteiger partial charge is 0.463 e. The Labute approximate surface area is 97.6 Å². The van der Waals surface area contributed by atoms with E-state index in [1.807, 2.05) is 6.07 Å². The van der Waals surface area contributed by atoms with Crippen LogP contribution in [-0.4, -0.2) is 17.0 Å². The molecule has 3 nitrogen and oxygen atoms in total.